The first-order valence-electron chi connectivity index (χ1n) is 8.13. The van der Waals surface area contributed by atoms with E-state index in [0.717, 1.165) is 22.2 Å². The van der Waals surface area contributed by atoms with Crippen molar-refractivity contribution < 1.29 is 14.3 Å². The van der Waals surface area contributed by atoms with Crippen LogP contribution in [0.1, 0.15) is 28.6 Å². The quantitative estimate of drug-likeness (QED) is 0.647. The Balaban J connectivity index is 1.52. The Bertz CT molecular complexity index is 983. The van der Waals surface area contributed by atoms with Crippen LogP contribution in [0, 0.1) is 18.3 Å². The number of nitrogens with zero attached hydrogens (tertiary/aromatic N) is 2. The van der Waals surface area contributed by atoms with Crippen molar-refractivity contribution in [3.8, 4) is 6.07 Å². The van der Waals surface area contributed by atoms with Crippen molar-refractivity contribution in [1.82, 2.24) is 9.97 Å². The summed E-state index contributed by atoms with van der Waals surface area (Å²) in [5.74, 6) is -1.91. The predicted molar refractivity (Wildman–Crippen MR) is 97.8 cm³/mol. The third-order valence-corrected chi connectivity index (χ3v) is 5.01. The van der Waals surface area contributed by atoms with Crippen LogP contribution in [0.3, 0.4) is 0 Å². The van der Waals surface area contributed by atoms with E-state index in [4.69, 9.17) is 4.74 Å². The first kappa shape index (κ1) is 17.8. The number of ether oxygens (including phenoxy) is 1. The Kier molecular flexibility index (Phi) is 5.44. The van der Waals surface area contributed by atoms with Crippen LogP contribution in [0.2, 0.25) is 0 Å². The Morgan fingerprint density at radius 3 is 2.92 bits per heavy atom. The largest absolute Gasteiger partial charge is 0.458 e. The molecule has 0 saturated heterocycles. The first-order chi connectivity index (χ1) is 12.6. The number of fused-ring (bicyclic) bond motifs is 1. The number of H-pyrrole nitrogens is 1. The molecule has 3 rings (SSSR count). The summed E-state index contributed by atoms with van der Waals surface area (Å²) in [6.45, 7) is 1.38. The SMILES string of the molecule is Cc1csc([C@@H](C#N)C(=O)COC(=O)CCc2c[nH]c3ccccc23)n1. The molecule has 0 bridgehead atoms. The van der Waals surface area contributed by atoms with Gasteiger partial charge in [0.05, 0.1) is 6.07 Å². The maximum absolute atomic E-state index is 12.2. The van der Waals surface area contributed by atoms with Gasteiger partial charge in [-0.05, 0) is 25.0 Å². The summed E-state index contributed by atoms with van der Waals surface area (Å²) in [6, 6.07) is 9.78. The van der Waals surface area contributed by atoms with Crippen molar-refractivity contribution in [3.05, 3.63) is 52.1 Å². The highest BCUT2D eigenvalue weighted by Gasteiger charge is 2.24. The summed E-state index contributed by atoms with van der Waals surface area (Å²) in [5, 5.41) is 12.5. The molecule has 0 aliphatic rings. The molecule has 132 valence electrons. The molecule has 1 N–H and O–H groups in total. The Hall–Kier alpha value is -2.98. The fourth-order valence-corrected chi connectivity index (χ4v) is 3.51. The summed E-state index contributed by atoms with van der Waals surface area (Å²) in [4.78, 5) is 31.4. The lowest BCUT2D eigenvalue weighted by Gasteiger charge is -2.07. The van der Waals surface area contributed by atoms with Crippen LogP contribution in [0.4, 0.5) is 0 Å². The zero-order valence-corrected chi connectivity index (χ0v) is 15.0. The molecule has 1 atom stereocenters. The summed E-state index contributed by atoms with van der Waals surface area (Å²) in [7, 11) is 0. The summed E-state index contributed by atoms with van der Waals surface area (Å²) >= 11 is 1.26. The lowest BCUT2D eigenvalue weighted by molar-refractivity contribution is -0.148. The van der Waals surface area contributed by atoms with Crippen molar-refractivity contribution in [2.75, 3.05) is 6.61 Å². The molecular formula is C19H17N3O3S. The maximum Gasteiger partial charge on any atom is 0.306 e. The van der Waals surface area contributed by atoms with Crippen LogP contribution in [-0.4, -0.2) is 28.3 Å². The van der Waals surface area contributed by atoms with E-state index in [1.54, 1.807) is 12.3 Å². The van der Waals surface area contributed by atoms with Gasteiger partial charge >= 0.3 is 5.97 Å². The van der Waals surface area contributed by atoms with Crippen molar-refractivity contribution in [2.24, 2.45) is 0 Å². The number of carbonyl (C=O) groups is 2. The minimum atomic E-state index is -0.991. The molecule has 0 spiro atoms. The average molecular weight is 367 g/mol. The normalized spacial score (nSPS) is 11.8. The minimum Gasteiger partial charge on any atom is -0.458 e. The van der Waals surface area contributed by atoms with Gasteiger partial charge < -0.3 is 9.72 Å². The number of carbonyl (C=O) groups excluding carboxylic acids is 2. The number of nitriles is 1. The number of esters is 1. The number of aromatic amines is 1. The molecule has 0 saturated carbocycles. The fraction of sp³-hybridized carbons (Fsp3) is 0.263. The summed E-state index contributed by atoms with van der Waals surface area (Å²) < 4.78 is 5.05. The number of hydrogen-bond donors (Lipinski definition) is 1. The van der Waals surface area contributed by atoms with Gasteiger partial charge in [-0.3, -0.25) is 9.59 Å². The number of nitrogens with one attached hydrogen (secondary N) is 1. The zero-order valence-electron chi connectivity index (χ0n) is 14.2. The van der Waals surface area contributed by atoms with Crippen LogP contribution in [-0.2, 0) is 20.7 Å². The smallest absolute Gasteiger partial charge is 0.306 e. The number of thiazole rings is 1. The zero-order chi connectivity index (χ0) is 18.5. The van der Waals surface area contributed by atoms with E-state index < -0.39 is 24.3 Å². The molecule has 0 amide bonds. The van der Waals surface area contributed by atoms with Crippen LogP contribution in [0.25, 0.3) is 10.9 Å². The van der Waals surface area contributed by atoms with Crippen LogP contribution >= 0.6 is 11.3 Å². The van der Waals surface area contributed by atoms with Crippen molar-refractivity contribution in [2.45, 2.75) is 25.7 Å². The number of aryl methyl sites for hydroxylation is 2. The molecule has 0 aliphatic heterocycles. The maximum atomic E-state index is 12.2. The number of para-hydroxylation sites is 1. The average Bonchev–Trinajstić information content (AvgIpc) is 3.25. The lowest BCUT2D eigenvalue weighted by Crippen LogP contribution is -2.20. The van der Waals surface area contributed by atoms with E-state index in [-0.39, 0.29) is 6.42 Å². The highest BCUT2D eigenvalue weighted by Crippen LogP contribution is 2.21. The van der Waals surface area contributed by atoms with E-state index in [0.29, 0.717) is 11.4 Å². The van der Waals surface area contributed by atoms with E-state index >= 15 is 0 Å². The van der Waals surface area contributed by atoms with Gasteiger partial charge in [0, 0.05) is 34.6 Å². The molecule has 26 heavy (non-hydrogen) atoms. The highest BCUT2D eigenvalue weighted by atomic mass is 32.1. The highest BCUT2D eigenvalue weighted by molar-refractivity contribution is 7.09. The number of ketones is 1. The van der Waals surface area contributed by atoms with Crippen molar-refractivity contribution >= 4 is 34.0 Å². The van der Waals surface area contributed by atoms with Gasteiger partial charge in [0.25, 0.3) is 0 Å². The molecule has 2 heterocycles. The van der Waals surface area contributed by atoms with E-state index in [9.17, 15) is 14.9 Å². The van der Waals surface area contributed by atoms with Crippen molar-refractivity contribution in [3.63, 3.8) is 0 Å². The third-order valence-electron chi connectivity index (χ3n) is 3.98. The van der Waals surface area contributed by atoms with E-state index in [2.05, 4.69) is 9.97 Å². The van der Waals surface area contributed by atoms with Crippen LogP contribution in [0.5, 0.6) is 0 Å². The number of benzene rings is 1. The molecule has 0 fully saturated rings. The number of Topliss-reactive ketones (excluding diaryl/α,β-unsaturated/α-hetero) is 1. The van der Waals surface area contributed by atoms with Crippen LogP contribution < -0.4 is 0 Å². The Morgan fingerprint density at radius 1 is 1.38 bits per heavy atom. The topological polar surface area (TPSA) is 95.8 Å². The van der Waals surface area contributed by atoms with E-state index in [1.807, 2.05) is 36.5 Å². The Morgan fingerprint density at radius 2 is 2.19 bits per heavy atom. The van der Waals surface area contributed by atoms with Gasteiger partial charge in [0.1, 0.15) is 5.01 Å². The molecule has 0 aliphatic carbocycles. The molecule has 6 nitrogen and oxygen atoms in total. The molecule has 2 aromatic heterocycles. The van der Waals surface area contributed by atoms with Gasteiger partial charge in [-0.1, -0.05) is 18.2 Å². The molecule has 3 aromatic rings. The molecule has 0 radical (unpaired) electrons. The number of aromatic nitrogens is 2. The summed E-state index contributed by atoms with van der Waals surface area (Å²) in [5.41, 5.74) is 2.80. The second-order valence-corrected chi connectivity index (χ2v) is 6.77. The molecule has 1 aromatic carbocycles. The second-order valence-electron chi connectivity index (χ2n) is 5.88. The fourth-order valence-electron chi connectivity index (χ4n) is 2.65. The first-order valence-corrected chi connectivity index (χ1v) is 9.01. The van der Waals surface area contributed by atoms with Gasteiger partial charge in [-0.25, -0.2) is 4.98 Å². The van der Waals surface area contributed by atoms with E-state index in [1.165, 1.54) is 11.3 Å². The number of rotatable bonds is 7. The lowest BCUT2D eigenvalue weighted by atomic mass is 10.1. The minimum absolute atomic E-state index is 0.169. The molecule has 0 unspecified atom stereocenters. The Labute approximate surface area is 154 Å². The van der Waals surface area contributed by atoms with Gasteiger partial charge in [0.15, 0.2) is 18.3 Å². The van der Waals surface area contributed by atoms with Gasteiger partial charge in [0.2, 0.25) is 0 Å². The van der Waals surface area contributed by atoms with Gasteiger partial charge in [-0.15, -0.1) is 11.3 Å². The third kappa shape index (κ3) is 3.98. The summed E-state index contributed by atoms with van der Waals surface area (Å²) in [6.07, 6.45) is 2.56. The van der Waals surface area contributed by atoms with Crippen LogP contribution in [0.15, 0.2) is 35.8 Å². The van der Waals surface area contributed by atoms with Gasteiger partial charge in [-0.2, -0.15) is 5.26 Å². The second kappa shape index (κ2) is 7.93. The standard InChI is InChI=1S/C19H17N3O3S/c1-12-11-26-19(22-12)15(8-20)17(23)10-25-18(24)7-6-13-9-21-16-5-3-2-4-14(13)16/h2-5,9,11,15,21H,6-7,10H2,1H3/t15-/m0/s1. The molecule has 7 heteroatoms. The van der Waals surface area contributed by atoms with Crippen molar-refractivity contribution in [1.29, 1.82) is 5.26 Å². The predicted octanol–water partition coefficient (Wildman–Crippen LogP) is 3.29. The molecular weight excluding hydrogens is 350 g/mol. The monoisotopic (exact) mass is 367 g/mol. The number of hydrogen-bond acceptors (Lipinski definition) is 6.